The van der Waals surface area contributed by atoms with Crippen molar-refractivity contribution in [2.24, 2.45) is 0 Å². The summed E-state index contributed by atoms with van der Waals surface area (Å²) in [4.78, 5) is 11.4. The lowest BCUT2D eigenvalue weighted by Gasteiger charge is -2.03. The molecule has 0 amide bonds. The van der Waals surface area contributed by atoms with Gasteiger partial charge in [-0.2, -0.15) is 9.97 Å². The Morgan fingerprint density at radius 2 is 1.06 bits per heavy atom. The predicted molar refractivity (Wildman–Crippen MR) is 61.5 cm³/mol. The molecule has 0 aliphatic rings. The molecule has 3 rings (SSSR count). The second-order valence-corrected chi connectivity index (χ2v) is 3.74. The third kappa shape index (κ3) is 1.41. The Bertz CT molecular complexity index is 659. The maximum atomic E-state index is 9.34. The molecule has 3 aromatic heterocycles. The lowest BCUT2D eigenvalue weighted by atomic mass is 10.2. The zero-order valence-corrected chi connectivity index (χ0v) is 8.86. The van der Waals surface area contributed by atoms with Crippen LogP contribution in [0.4, 0.5) is 0 Å². The first kappa shape index (κ1) is 10.3. The monoisotopic (exact) mass is 245 g/mol. The Morgan fingerprint density at radius 3 is 1.50 bits per heavy atom. The van der Waals surface area contributed by atoms with Gasteiger partial charge in [0.25, 0.3) is 11.8 Å². The largest absolute Gasteiger partial charge is 0.503 e. The second-order valence-electron chi connectivity index (χ2n) is 3.74. The highest BCUT2D eigenvalue weighted by Crippen LogP contribution is 2.30. The molecule has 0 aromatic carbocycles. The molecule has 0 unspecified atom stereocenters. The first-order chi connectivity index (χ1) is 8.54. The molecule has 0 bridgehead atoms. The molecule has 3 heterocycles. The van der Waals surface area contributed by atoms with E-state index in [1.54, 1.807) is 6.07 Å². The summed E-state index contributed by atoms with van der Waals surface area (Å²) in [5.41, 5.74) is 0.353. The maximum absolute atomic E-state index is 9.34. The van der Waals surface area contributed by atoms with E-state index in [-0.39, 0.29) is 22.8 Å². The summed E-state index contributed by atoms with van der Waals surface area (Å²) >= 11 is 0. The van der Waals surface area contributed by atoms with Gasteiger partial charge in [0, 0.05) is 10.8 Å². The van der Waals surface area contributed by atoms with E-state index in [1.165, 1.54) is 12.1 Å². The third-order valence-corrected chi connectivity index (χ3v) is 2.51. The first-order valence-corrected chi connectivity index (χ1v) is 4.97. The van der Waals surface area contributed by atoms with E-state index in [9.17, 15) is 20.4 Å². The van der Waals surface area contributed by atoms with Crippen LogP contribution in [0.15, 0.2) is 18.2 Å². The standard InChI is InChI=1S/C11H7N3O4/c15-6-2-4-1-5-3-7(16)11(18)14-9(5)12-8(4)13-10(6)17/h1-3,15-16H,(H2,12,13,14,17,18). The van der Waals surface area contributed by atoms with Gasteiger partial charge in [0.2, 0.25) is 0 Å². The van der Waals surface area contributed by atoms with Gasteiger partial charge in [-0.3, -0.25) is 0 Å². The van der Waals surface area contributed by atoms with Crippen molar-refractivity contribution in [2.45, 2.75) is 0 Å². The Labute approximate surface area is 99.6 Å². The van der Waals surface area contributed by atoms with Crippen molar-refractivity contribution in [3.8, 4) is 23.3 Å². The summed E-state index contributed by atoms with van der Waals surface area (Å²) in [5, 5.41) is 38.2. The lowest BCUT2D eigenvalue weighted by molar-refractivity contribution is 0.390. The van der Waals surface area contributed by atoms with Gasteiger partial charge in [-0.1, -0.05) is 0 Å². The van der Waals surface area contributed by atoms with Crippen molar-refractivity contribution in [1.82, 2.24) is 15.0 Å². The van der Waals surface area contributed by atoms with Gasteiger partial charge in [0.1, 0.15) is 0 Å². The van der Waals surface area contributed by atoms with E-state index < -0.39 is 11.8 Å². The quantitative estimate of drug-likeness (QED) is 0.436. The molecule has 0 aliphatic heterocycles. The number of rotatable bonds is 0. The smallest absolute Gasteiger partial charge is 0.256 e. The molecule has 3 aromatic rings. The fourth-order valence-corrected chi connectivity index (χ4v) is 1.66. The minimum atomic E-state index is -0.530. The number of fused-ring (bicyclic) bond motifs is 2. The SMILES string of the molecule is Oc1cc2cc3cc(O)c(O)nc3nc2nc1O. The predicted octanol–water partition coefficient (Wildman–Crippen LogP) is 1.00. The van der Waals surface area contributed by atoms with Crippen molar-refractivity contribution in [3.05, 3.63) is 18.2 Å². The van der Waals surface area contributed by atoms with Gasteiger partial charge >= 0.3 is 0 Å². The van der Waals surface area contributed by atoms with E-state index >= 15 is 0 Å². The number of hydrogen-bond donors (Lipinski definition) is 4. The zero-order chi connectivity index (χ0) is 12.9. The lowest BCUT2D eigenvalue weighted by Crippen LogP contribution is -1.89. The summed E-state index contributed by atoms with van der Waals surface area (Å²) in [6.45, 7) is 0. The van der Waals surface area contributed by atoms with Gasteiger partial charge in [0.05, 0.1) is 0 Å². The number of pyridine rings is 3. The van der Waals surface area contributed by atoms with Crippen LogP contribution in [-0.2, 0) is 0 Å². The van der Waals surface area contributed by atoms with E-state index in [2.05, 4.69) is 15.0 Å². The summed E-state index contributed by atoms with van der Waals surface area (Å²) < 4.78 is 0. The number of aromatic hydroxyl groups is 4. The second kappa shape index (κ2) is 3.33. The molecule has 0 aliphatic carbocycles. The van der Waals surface area contributed by atoms with Gasteiger partial charge in [-0.25, -0.2) is 4.98 Å². The van der Waals surface area contributed by atoms with Crippen LogP contribution in [0.1, 0.15) is 0 Å². The Morgan fingerprint density at radius 1 is 0.611 bits per heavy atom. The van der Waals surface area contributed by atoms with E-state index in [4.69, 9.17) is 0 Å². The molecule has 4 N–H and O–H groups in total. The van der Waals surface area contributed by atoms with Crippen molar-refractivity contribution in [1.29, 1.82) is 0 Å². The Balaban J connectivity index is 2.43. The minimum absolute atomic E-state index is 0.176. The van der Waals surface area contributed by atoms with Crippen LogP contribution >= 0.6 is 0 Å². The van der Waals surface area contributed by atoms with Gasteiger partial charge < -0.3 is 20.4 Å². The summed E-state index contributed by atoms with van der Waals surface area (Å²) in [5.74, 6) is -1.78. The minimum Gasteiger partial charge on any atom is -0.503 e. The van der Waals surface area contributed by atoms with E-state index in [1.807, 2.05) is 0 Å². The van der Waals surface area contributed by atoms with Crippen LogP contribution in [0.5, 0.6) is 23.3 Å². The van der Waals surface area contributed by atoms with Crippen LogP contribution < -0.4 is 0 Å². The fraction of sp³-hybridized carbons (Fsp3) is 0. The third-order valence-electron chi connectivity index (χ3n) is 2.51. The van der Waals surface area contributed by atoms with Crippen LogP contribution in [-0.4, -0.2) is 35.4 Å². The van der Waals surface area contributed by atoms with Crippen molar-refractivity contribution < 1.29 is 20.4 Å². The normalized spacial score (nSPS) is 11.1. The van der Waals surface area contributed by atoms with Gasteiger partial charge in [-0.15, -0.1) is 0 Å². The topological polar surface area (TPSA) is 120 Å². The van der Waals surface area contributed by atoms with E-state index in [0.29, 0.717) is 10.8 Å². The summed E-state index contributed by atoms with van der Waals surface area (Å²) in [6.07, 6.45) is 0. The molecular weight excluding hydrogens is 238 g/mol. The molecule has 0 fully saturated rings. The van der Waals surface area contributed by atoms with Gasteiger partial charge in [-0.05, 0) is 18.2 Å². The van der Waals surface area contributed by atoms with E-state index in [0.717, 1.165) is 0 Å². The molecular formula is C11H7N3O4. The Hall–Kier alpha value is -2.83. The molecule has 0 saturated heterocycles. The van der Waals surface area contributed by atoms with Crippen molar-refractivity contribution >= 4 is 22.1 Å². The Kier molecular flexibility index (Phi) is 1.91. The highest BCUT2D eigenvalue weighted by atomic mass is 16.3. The van der Waals surface area contributed by atoms with Crippen molar-refractivity contribution in [2.75, 3.05) is 0 Å². The first-order valence-electron chi connectivity index (χ1n) is 4.97. The molecule has 0 saturated carbocycles. The van der Waals surface area contributed by atoms with Gasteiger partial charge in [0.15, 0.2) is 22.8 Å². The number of hydrogen-bond acceptors (Lipinski definition) is 7. The maximum Gasteiger partial charge on any atom is 0.256 e. The molecule has 0 atom stereocenters. The van der Waals surface area contributed by atoms with Crippen LogP contribution in [0.25, 0.3) is 22.1 Å². The van der Waals surface area contributed by atoms with Crippen LogP contribution in [0.3, 0.4) is 0 Å². The van der Waals surface area contributed by atoms with Crippen LogP contribution in [0.2, 0.25) is 0 Å². The molecule has 18 heavy (non-hydrogen) atoms. The average Bonchev–Trinajstić information content (AvgIpc) is 2.31. The van der Waals surface area contributed by atoms with Crippen molar-refractivity contribution in [3.63, 3.8) is 0 Å². The molecule has 7 heteroatoms. The van der Waals surface area contributed by atoms with Crippen LogP contribution in [0, 0.1) is 0 Å². The molecule has 0 radical (unpaired) electrons. The number of aromatic nitrogens is 3. The molecule has 0 spiro atoms. The highest BCUT2D eigenvalue weighted by molar-refractivity contribution is 5.91. The molecule has 7 nitrogen and oxygen atoms in total. The highest BCUT2D eigenvalue weighted by Gasteiger charge is 2.10. The average molecular weight is 245 g/mol. The number of nitrogens with zero attached hydrogens (tertiary/aromatic N) is 3. The summed E-state index contributed by atoms with van der Waals surface area (Å²) in [6, 6.07) is 4.18. The fourth-order valence-electron chi connectivity index (χ4n) is 1.66. The summed E-state index contributed by atoms with van der Waals surface area (Å²) in [7, 11) is 0. The molecule has 90 valence electrons. The zero-order valence-electron chi connectivity index (χ0n) is 8.86.